The summed E-state index contributed by atoms with van der Waals surface area (Å²) in [6.45, 7) is 1.92. The van der Waals surface area contributed by atoms with Gasteiger partial charge in [-0.3, -0.25) is 4.79 Å². The molecule has 0 aliphatic heterocycles. The van der Waals surface area contributed by atoms with E-state index in [0.29, 0.717) is 5.03 Å². The van der Waals surface area contributed by atoms with E-state index >= 15 is 0 Å². The van der Waals surface area contributed by atoms with Gasteiger partial charge >= 0.3 is 5.97 Å². The second-order valence-corrected chi connectivity index (χ2v) is 4.04. The molecule has 2 N–H and O–H groups in total. The van der Waals surface area contributed by atoms with Crippen LogP contribution in [0, 0.1) is 6.92 Å². The number of carbonyl (C=O) groups is 1. The highest BCUT2D eigenvalue weighted by molar-refractivity contribution is 8.00. The van der Waals surface area contributed by atoms with Crippen molar-refractivity contribution in [1.29, 1.82) is 0 Å². The summed E-state index contributed by atoms with van der Waals surface area (Å²) in [6, 6.07) is 1.92. The average Bonchev–Trinajstić information content (AvgIpc) is 2.55. The number of thioether (sulfide) groups is 1. The van der Waals surface area contributed by atoms with Crippen molar-refractivity contribution in [2.45, 2.75) is 11.9 Å². The monoisotopic (exact) mass is 223 g/mol. The molecule has 0 saturated heterocycles. The minimum absolute atomic E-state index is 0.0103. The van der Waals surface area contributed by atoms with Crippen LogP contribution in [0.2, 0.25) is 0 Å². The molecule has 0 saturated carbocycles. The second-order valence-electron chi connectivity index (χ2n) is 3.08. The molecule has 0 atom stereocenters. The molecular formula is C9H9N3O2S. The second kappa shape index (κ2) is 3.90. The zero-order valence-corrected chi connectivity index (χ0v) is 8.84. The van der Waals surface area contributed by atoms with Crippen molar-refractivity contribution in [3.8, 4) is 0 Å². The Bertz CT molecular complexity index is 509. The highest BCUT2D eigenvalue weighted by Gasteiger charge is 2.08. The van der Waals surface area contributed by atoms with E-state index in [1.54, 1.807) is 0 Å². The Balaban J connectivity index is 2.37. The Hall–Kier alpha value is -1.56. The van der Waals surface area contributed by atoms with Crippen molar-refractivity contribution < 1.29 is 9.90 Å². The van der Waals surface area contributed by atoms with Crippen LogP contribution in [-0.2, 0) is 4.79 Å². The summed E-state index contributed by atoms with van der Waals surface area (Å²) in [4.78, 5) is 21.6. The Kier molecular flexibility index (Phi) is 2.59. The third kappa shape index (κ3) is 2.10. The Morgan fingerprint density at radius 2 is 2.40 bits per heavy atom. The van der Waals surface area contributed by atoms with Crippen LogP contribution < -0.4 is 0 Å². The van der Waals surface area contributed by atoms with Gasteiger partial charge < -0.3 is 10.1 Å². The number of nitrogens with zero attached hydrogens (tertiary/aromatic N) is 2. The number of hydrogen-bond acceptors (Lipinski definition) is 4. The maximum Gasteiger partial charge on any atom is 0.313 e. The fourth-order valence-corrected chi connectivity index (χ4v) is 1.99. The summed E-state index contributed by atoms with van der Waals surface area (Å²) in [7, 11) is 0. The van der Waals surface area contributed by atoms with Crippen LogP contribution in [-0.4, -0.2) is 31.8 Å². The van der Waals surface area contributed by atoms with E-state index < -0.39 is 5.97 Å². The number of aryl methyl sites for hydroxylation is 1. The van der Waals surface area contributed by atoms with Gasteiger partial charge in [0.15, 0.2) is 0 Å². The summed E-state index contributed by atoms with van der Waals surface area (Å²) in [6.07, 6.45) is 1.43. The number of aliphatic carboxylic acids is 1. The first kappa shape index (κ1) is 9.97. The van der Waals surface area contributed by atoms with E-state index in [0.717, 1.165) is 16.7 Å². The molecular weight excluding hydrogens is 214 g/mol. The molecule has 0 bridgehead atoms. The van der Waals surface area contributed by atoms with Gasteiger partial charge in [-0.05, 0) is 13.0 Å². The lowest BCUT2D eigenvalue weighted by Gasteiger charge is -1.97. The topological polar surface area (TPSA) is 78.9 Å². The minimum Gasteiger partial charge on any atom is -0.481 e. The molecule has 0 radical (unpaired) electrons. The maximum absolute atomic E-state index is 10.4. The van der Waals surface area contributed by atoms with Gasteiger partial charge in [-0.25, -0.2) is 9.97 Å². The molecule has 0 unspecified atom stereocenters. The standard InChI is InChI=1S/C9H9N3O2S/c1-5-2-6-8(12-5)10-4-11-9(6)15-3-7(13)14/h2,4H,3H2,1H3,(H,13,14)(H,10,11,12). The van der Waals surface area contributed by atoms with Crippen molar-refractivity contribution >= 4 is 28.8 Å². The van der Waals surface area contributed by atoms with Crippen LogP contribution in [0.3, 0.4) is 0 Å². The first-order valence-electron chi connectivity index (χ1n) is 4.32. The minimum atomic E-state index is -0.848. The first-order valence-corrected chi connectivity index (χ1v) is 5.30. The highest BCUT2D eigenvalue weighted by atomic mass is 32.2. The smallest absolute Gasteiger partial charge is 0.313 e. The molecule has 2 rings (SSSR count). The van der Waals surface area contributed by atoms with Crippen LogP contribution in [0.5, 0.6) is 0 Å². The van der Waals surface area contributed by atoms with Gasteiger partial charge in [0.1, 0.15) is 17.0 Å². The normalized spacial score (nSPS) is 10.7. The summed E-state index contributed by atoms with van der Waals surface area (Å²) < 4.78 is 0. The molecule has 0 fully saturated rings. The van der Waals surface area contributed by atoms with Crippen LogP contribution in [0.15, 0.2) is 17.4 Å². The molecule has 2 heterocycles. The van der Waals surface area contributed by atoms with Gasteiger partial charge in [-0.2, -0.15) is 0 Å². The zero-order chi connectivity index (χ0) is 10.8. The van der Waals surface area contributed by atoms with Crippen LogP contribution >= 0.6 is 11.8 Å². The largest absolute Gasteiger partial charge is 0.481 e. The van der Waals surface area contributed by atoms with Gasteiger partial charge in [0.2, 0.25) is 0 Å². The van der Waals surface area contributed by atoms with E-state index in [-0.39, 0.29) is 5.75 Å². The van der Waals surface area contributed by atoms with Gasteiger partial charge in [-0.15, -0.1) is 0 Å². The van der Waals surface area contributed by atoms with Gasteiger partial charge in [0.05, 0.1) is 11.1 Å². The summed E-state index contributed by atoms with van der Waals surface area (Å²) in [5.41, 5.74) is 1.73. The molecule has 0 amide bonds. The number of H-pyrrole nitrogens is 1. The molecule has 0 spiro atoms. The summed E-state index contributed by atoms with van der Waals surface area (Å²) in [5, 5.41) is 10.2. The van der Waals surface area contributed by atoms with Crippen molar-refractivity contribution in [3.05, 3.63) is 18.1 Å². The fraction of sp³-hybridized carbons (Fsp3) is 0.222. The molecule has 2 aromatic rings. The lowest BCUT2D eigenvalue weighted by molar-refractivity contribution is -0.133. The molecule has 6 heteroatoms. The van der Waals surface area contributed by atoms with E-state index in [1.165, 1.54) is 18.1 Å². The molecule has 0 aromatic carbocycles. The Labute approximate surface area is 89.9 Å². The molecule has 15 heavy (non-hydrogen) atoms. The number of aromatic nitrogens is 3. The summed E-state index contributed by atoms with van der Waals surface area (Å²) >= 11 is 1.20. The Morgan fingerprint density at radius 3 is 3.13 bits per heavy atom. The van der Waals surface area contributed by atoms with Gasteiger partial charge in [-0.1, -0.05) is 11.8 Å². The molecule has 0 aliphatic carbocycles. The Morgan fingerprint density at radius 1 is 1.60 bits per heavy atom. The predicted octanol–water partition coefficient (Wildman–Crippen LogP) is 1.44. The van der Waals surface area contributed by atoms with Crippen molar-refractivity contribution in [2.75, 3.05) is 5.75 Å². The summed E-state index contributed by atoms with van der Waals surface area (Å²) in [5.74, 6) is -0.838. The first-order chi connectivity index (χ1) is 7.16. The van der Waals surface area contributed by atoms with Crippen LogP contribution in [0.4, 0.5) is 0 Å². The van der Waals surface area contributed by atoms with Gasteiger partial charge in [0, 0.05) is 5.69 Å². The third-order valence-corrected chi connectivity index (χ3v) is 2.85. The molecule has 2 aromatic heterocycles. The van der Waals surface area contributed by atoms with E-state index in [4.69, 9.17) is 5.11 Å². The zero-order valence-electron chi connectivity index (χ0n) is 8.02. The molecule has 0 aliphatic rings. The fourth-order valence-electron chi connectivity index (χ4n) is 1.29. The number of nitrogens with one attached hydrogen (secondary N) is 1. The molecule has 78 valence electrons. The SMILES string of the molecule is Cc1cc2c(SCC(=O)O)ncnc2[nH]1. The average molecular weight is 223 g/mol. The quantitative estimate of drug-likeness (QED) is 0.608. The number of aromatic amines is 1. The van der Waals surface area contributed by atoms with Crippen LogP contribution in [0.1, 0.15) is 5.69 Å². The lowest BCUT2D eigenvalue weighted by atomic mass is 10.4. The number of fused-ring (bicyclic) bond motifs is 1. The van der Waals surface area contributed by atoms with Crippen molar-refractivity contribution in [1.82, 2.24) is 15.0 Å². The van der Waals surface area contributed by atoms with Gasteiger partial charge in [0.25, 0.3) is 0 Å². The molecule has 5 nitrogen and oxygen atoms in total. The number of hydrogen-bond donors (Lipinski definition) is 2. The van der Waals surface area contributed by atoms with Crippen molar-refractivity contribution in [3.63, 3.8) is 0 Å². The number of carboxylic acid groups (broad SMARTS) is 1. The highest BCUT2D eigenvalue weighted by Crippen LogP contribution is 2.24. The number of carboxylic acids is 1. The third-order valence-electron chi connectivity index (χ3n) is 1.86. The number of rotatable bonds is 3. The van der Waals surface area contributed by atoms with Crippen molar-refractivity contribution in [2.24, 2.45) is 0 Å². The lowest BCUT2D eigenvalue weighted by Crippen LogP contribution is -1.98. The maximum atomic E-state index is 10.4. The van der Waals surface area contributed by atoms with E-state index in [1.807, 2.05) is 13.0 Å². The predicted molar refractivity (Wildman–Crippen MR) is 57.0 cm³/mol. The van der Waals surface area contributed by atoms with E-state index in [2.05, 4.69) is 15.0 Å². The van der Waals surface area contributed by atoms with Crippen LogP contribution in [0.25, 0.3) is 11.0 Å². The van der Waals surface area contributed by atoms with E-state index in [9.17, 15) is 4.79 Å².